The quantitative estimate of drug-likeness (QED) is 0.214. The lowest BCUT2D eigenvalue weighted by atomic mass is 9.85. The molecule has 1 aliphatic heterocycles. The molecule has 3 fully saturated rings. The number of nitrogens with zero attached hydrogens (tertiary/aromatic N) is 2. The number of hydrogen-bond donors (Lipinski definition) is 3. The highest BCUT2D eigenvalue weighted by Crippen LogP contribution is 2.46. The molecule has 0 bridgehead atoms. The van der Waals surface area contributed by atoms with Crippen molar-refractivity contribution in [2.24, 2.45) is 11.3 Å². The molecule has 0 radical (unpaired) electrons. The highest BCUT2D eigenvalue weighted by molar-refractivity contribution is 7.91. The van der Waals surface area contributed by atoms with Crippen LogP contribution in [0.3, 0.4) is 0 Å². The van der Waals surface area contributed by atoms with Crippen molar-refractivity contribution < 1.29 is 41.8 Å². The summed E-state index contributed by atoms with van der Waals surface area (Å²) in [5, 5.41) is 6.34. The van der Waals surface area contributed by atoms with Gasteiger partial charge in [-0.15, -0.1) is 6.58 Å². The van der Waals surface area contributed by atoms with Gasteiger partial charge < -0.3 is 29.7 Å². The van der Waals surface area contributed by atoms with E-state index in [0.717, 1.165) is 10.9 Å². The van der Waals surface area contributed by atoms with Crippen LogP contribution in [0.4, 0.5) is 4.79 Å². The number of methoxy groups -OCH3 is 1. The standard InChI is InChI=1S/C41H51N5O9S/c1-9-26-22-41(26,37(49)45-56(51,52)29-16-17-29)44-34(47)32-21-28(23-46(32)36(48)33(39(2,3)4)43-38(50)55-40(5,6)7)54-35-30-18-15-27(53-8)19-25(30)20-31(42-35)24-13-11-10-12-14-24/h9-15,18-20,26,28-29,32-33H,1,16-17,21-23H2,2-8H3,(H,43,50)(H,44,47)(H,45,49)/t26-,28-,32+,33-,41-/m1/s1. The average Bonchev–Trinajstić information content (AvgIpc) is 4.06. The SMILES string of the molecule is C=C[C@@H]1C[C@]1(NC(=O)[C@@H]1C[C@@H](Oc2nc(-c3ccccc3)cc3cc(OC)ccc23)CN1C(=O)[C@@H](NC(=O)OC(C)(C)C)C(C)(C)C)C(=O)NS(=O)(=O)C1CC1. The Morgan fingerprint density at radius 3 is 2.30 bits per heavy atom. The van der Waals surface area contributed by atoms with Crippen LogP contribution in [0, 0.1) is 11.3 Å². The zero-order valence-corrected chi connectivity index (χ0v) is 33.7. The van der Waals surface area contributed by atoms with Crippen LogP contribution in [0.5, 0.6) is 11.6 Å². The van der Waals surface area contributed by atoms with Crippen molar-refractivity contribution in [3.05, 3.63) is 67.3 Å². The van der Waals surface area contributed by atoms with Crippen molar-refractivity contribution >= 4 is 44.6 Å². The molecule has 2 aromatic carbocycles. The number of aromatic nitrogens is 1. The Morgan fingerprint density at radius 1 is 1.02 bits per heavy atom. The molecular formula is C41H51N5O9S. The molecule has 1 aromatic heterocycles. The molecule has 2 aliphatic carbocycles. The number of carbonyl (C=O) groups excluding carboxylic acids is 4. The topological polar surface area (TPSA) is 182 Å². The maximum absolute atomic E-state index is 14.6. The number of sulfonamides is 1. The number of alkyl carbamates (subject to hydrolysis) is 1. The number of ether oxygens (including phenoxy) is 3. The third-order valence-electron chi connectivity index (χ3n) is 10.2. The van der Waals surface area contributed by atoms with Crippen molar-refractivity contribution in [2.75, 3.05) is 13.7 Å². The number of pyridine rings is 1. The summed E-state index contributed by atoms with van der Waals surface area (Å²) in [5.74, 6) is -1.73. The smallest absolute Gasteiger partial charge is 0.408 e. The first kappa shape index (κ1) is 40.5. The Balaban J connectivity index is 1.34. The monoisotopic (exact) mass is 789 g/mol. The molecule has 14 nitrogen and oxygen atoms in total. The van der Waals surface area contributed by atoms with E-state index in [-0.39, 0.29) is 25.3 Å². The lowest BCUT2D eigenvalue weighted by Crippen LogP contribution is -2.60. The predicted molar refractivity (Wildman–Crippen MR) is 210 cm³/mol. The highest BCUT2D eigenvalue weighted by atomic mass is 32.2. The molecule has 6 rings (SSSR count). The number of rotatable bonds is 12. The van der Waals surface area contributed by atoms with Gasteiger partial charge in [0.2, 0.25) is 27.7 Å². The normalized spacial score (nSPS) is 22.8. The molecule has 56 heavy (non-hydrogen) atoms. The first-order chi connectivity index (χ1) is 26.2. The highest BCUT2D eigenvalue weighted by Gasteiger charge is 2.62. The summed E-state index contributed by atoms with van der Waals surface area (Å²) in [4.78, 5) is 61.9. The Labute approximate surface area is 327 Å². The summed E-state index contributed by atoms with van der Waals surface area (Å²) in [7, 11) is -2.34. The summed E-state index contributed by atoms with van der Waals surface area (Å²) >= 11 is 0. The Kier molecular flexibility index (Phi) is 10.9. The zero-order chi connectivity index (χ0) is 40.8. The van der Waals surface area contributed by atoms with Crippen LogP contribution < -0.4 is 24.8 Å². The fraction of sp³-hybridized carbons (Fsp3) is 0.488. The molecule has 3 aromatic rings. The summed E-state index contributed by atoms with van der Waals surface area (Å²) in [6.07, 6.45) is 0.950. The van der Waals surface area contributed by atoms with Gasteiger partial charge in [-0.2, -0.15) is 0 Å². The zero-order valence-electron chi connectivity index (χ0n) is 32.9. The maximum Gasteiger partial charge on any atom is 0.408 e. The minimum atomic E-state index is -3.92. The largest absolute Gasteiger partial charge is 0.497 e. The lowest BCUT2D eigenvalue weighted by molar-refractivity contribution is -0.143. The van der Waals surface area contributed by atoms with Crippen LogP contribution in [0.25, 0.3) is 22.0 Å². The van der Waals surface area contributed by atoms with E-state index in [9.17, 15) is 27.6 Å². The second-order valence-electron chi connectivity index (χ2n) is 16.9. The Bertz CT molecular complexity index is 2140. The molecule has 2 heterocycles. The minimum absolute atomic E-state index is 0.00735. The molecular weight excluding hydrogens is 739 g/mol. The van der Waals surface area contributed by atoms with E-state index < -0.39 is 79.7 Å². The second-order valence-corrected chi connectivity index (χ2v) is 18.8. The van der Waals surface area contributed by atoms with Crippen molar-refractivity contribution in [3.8, 4) is 22.9 Å². The van der Waals surface area contributed by atoms with E-state index in [2.05, 4.69) is 21.9 Å². The van der Waals surface area contributed by atoms with E-state index in [1.807, 2.05) is 48.5 Å². The number of likely N-dealkylation sites (tertiary alicyclic amines) is 1. The van der Waals surface area contributed by atoms with Gasteiger partial charge in [-0.3, -0.25) is 19.1 Å². The molecule has 15 heteroatoms. The number of benzene rings is 2. The molecule has 300 valence electrons. The summed E-state index contributed by atoms with van der Waals surface area (Å²) in [6, 6.07) is 14.6. The van der Waals surface area contributed by atoms with Crippen LogP contribution in [0.15, 0.2) is 67.3 Å². The number of nitrogens with one attached hydrogen (secondary N) is 3. The van der Waals surface area contributed by atoms with E-state index in [4.69, 9.17) is 19.2 Å². The Morgan fingerprint density at radius 2 is 1.71 bits per heavy atom. The van der Waals surface area contributed by atoms with E-state index in [1.54, 1.807) is 54.7 Å². The summed E-state index contributed by atoms with van der Waals surface area (Å²) < 4.78 is 45.3. The first-order valence-electron chi connectivity index (χ1n) is 18.8. The van der Waals surface area contributed by atoms with E-state index >= 15 is 0 Å². The number of hydrogen-bond acceptors (Lipinski definition) is 10. The van der Waals surface area contributed by atoms with Crippen molar-refractivity contribution in [1.29, 1.82) is 0 Å². The van der Waals surface area contributed by atoms with Crippen molar-refractivity contribution in [3.63, 3.8) is 0 Å². The van der Waals surface area contributed by atoms with Gasteiger partial charge in [-0.05, 0) is 75.1 Å². The Hall–Kier alpha value is -5.18. The molecule has 1 saturated heterocycles. The molecule has 0 spiro atoms. The lowest BCUT2D eigenvalue weighted by Gasteiger charge is -2.36. The number of carbonyl (C=O) groups is 4. The van der Waals surface area contributed by atoms with Gasteiger partial charge in [0, 0.05) is 23.3 Å². The van der Waals surface area contributed by atoms with Crippen LogP contribution in [-0.2, 0) is 29.1 Å². The van der Waals surface area contributed by atoms with Gasteiger partial charge in [-0.1, -0.05) is 57.2 Å². The fourth-order valence-corrected chi connectivity index (χ4v) is 8.33. The predicted octanol–water partition coefficient (Wildman–Crippen LogP) is 4.87. The van der Waals surface area contributed by atoms with Crippen molar-refractivity contribution in [1.82, 2.24) is 25.2 Å². The second kappa shape index (κ2) is 15.1. The van der Waals surface area contributed by atoms with Gasteiger partial charge in [0.1, 0.15) is 35.1 Å². The third kappa shape index (κ3) is 8.77. The maximum atomic E-state index is 14.6. The fourth-order valence-electron chi connectivity index (χ4n) is 6.97. The van der Waals surface area contributed by atoms with Gasteiger partial charge in [0.15, 0.2) is 0 Å². The molecule has 3 aliphatic rings. The molecule has 5 atom stereocenters. The van der Waals surface area contributed by atoms with E-state index in [1.165, 1.54) is 11.0 Å². The summed E-state index contributed by atoms with van der Waals surface area (Å²) in [5.41, 5.74) is -1.77. The number of amides is 4. The van der Waals surface area contributed by atoms with E-state index in [0.29, 0.717) is 29.7 Å². The average molecular weight is 790 g/mol. The molecule has 0 unspecified atom stereocenters. The molecule has 3 N–H and O–H groups in total. The van der Waals surface area contributed by atoms with Crippen LogP contribution >= 0.6 is 0 Å². The van der Waals surface area contributed by atoms with Gasteiger partial charge in [0.05, 0.1) is 24.6 Å². The molecule has 4 amide bonds. The van der Waals surface area contributed by atoms with Gasteiger partial charge in [-0.25, -0.2) is 18.2 Å². The number of fused-ring (bicyclic) bond motifs is 1. The van der Waals surface area contributed by atoms with Crippen LogP contribution in [0.2, 0.25) is 0 Å². The molecule has 2 saturated carbocycles. The van der Waals surface area contributed by atoms with Crippen LogP contribution in [0.1, 0.15) is 67.2 Å². The first-order valence-corrected chi connectivity index (χ1v) is 20.3. The van der Waals surface area contributed by atoms with Gasteiger partial charge >= 0.3 is 6.09 Å². The van der Waals surface area contributed by atoms with Gasteiger partial charge in [0.25, 0.3) is 5.91 Å². The van der Waals surface area contributed by atoms with Crippen molar-refractivity contribution in [2.45, 2.75) is 102 Å². The third-order valence-corrected chi connectivity index (χ3v) is 12.0. The summed E-state index contributed by atoms with van der Waals surface area (Å²) in [6.45, 7) is 14.2. The minimum Gasteiger partial charge on any atom is -0.497 e. The van der Waals surface area contributed by atoms with Crippen LogP contribution in [-0.4, -0.2) is 90.3 Å².